The largest absolute Gasteiger partial charge is 0.478 e. The van der Waals surface area contributed by atoms with E-state index in [2.05, 4.69) is 0 Å². The summed E-state index contributed by atoms with van der Waals surface area (Å²) >= 11 is 5.89. The maximum atomic E-state index is 12.4. The van der Waals surface area contributed by atoms with Crippen molar-refractivity contribution in [2.45, 2.75) is 19.4 Å². The maximum Gasteiger partial charge on any atom is 0.347 e. The quantitative estimate of drug-likeness (QED) is 0.851. The Bertz CT molecular complexity index is 722. The highest BCUT2D eigenvalue weighted by atomic mass is 35.5. The van der Waals surface area contributed by atoms with Gasteiger partial charge in [-0.15, -0.1) is 0 Å². The van der Waals surface area contributed by atoms with Crippen LogP contribution in [0.1, 0.15) is 29.8 Å². The first-order valence-corrected chi connectivity index (χ1v) is 7.00. The van der Waals surface area contributed by atoms with Crippen molar-refractivity contribution in [3.8, 4) is 5.75 Å². The summed E-state index contributed by atoms with van der Waals surface area (Å²) in [7, 11) is 0. The number of ketones is 1. The lowest BCUT2D eigenvalue weighted by Gasteiger charge is -2.21. The number of hydrogen-bond donors (Lipinski definition) is 1. The fourth-order valence-corrected chi connectivity index (χ4v) is 2.03. The molecule has 0 atom stereocenters. The van der Waals surface area contributed by atoms with Crippen LogP contribution in [0.2, 0.25) is 5.02 Å². The number of carboxylic acid groups (broad SMARTS) is 1. The molecule has 114 valence electrons. The van der Waals surface area contributed by atoms with Crippen molar-refractivity contribution >= 4 is 23.4 Å². The van der Waals surface area contributed by atoms with Crippen LogP contribution in [0.3, 0.4) is 0 Å². The predicted octanol–water partition coefficient (Wildman–Crippen LogP) is 3.81. The lowest BCUT2D eigenvalue weighted by atomic mass is 10.0. The third-order valence-electron chi connectivity index (χ3n) is 3.07. The van der Waals surface area contributed by atoms with E-state index in [0.29, 0.717) is 21.9 Å². The summed E-state index contributed by atoms with van der Waals surface area (Å²) < 4.78 is 5.44. The minimum absolute atomic E-state index is 0.207. The maximum absolute atomic E-state index is 12.4. The average molecular weight is 319 g/mol. The van der Waals surface area contributed by atoms with E-state index in [1.807, 2.05) is 0 Å². The number of benzene rings is 2. The summed E-state index contributed by atoms with van der Waals surface area (Å²) in [6.07, 6.45) is 0. The van der Waals surface area contributed by atoms with E-state index in [-0.39, 0.29) is 5.78 Å². The highest BCUT2D eigenvalue weighted by Gasteiger charge is 2.29. The molecule has 0 unspecified atom stereocenters. The summed E-state index contributed by atoms with van der Waals surface area (Å²) in [5.41, 5.74) is -0.513. The Morgan fingerprint density at radius 1 is 1.05 bits per heavy atom. The van der Waals surface area contributed by atoms with Crippen molar-refractivity contribution < 1.29 is 19.4 Å². The van der Waals surface area contributed by atoms with Crippen LogP contribution in [0.5, 0.6) is 5.75 Å². The van der Waals surface area contributed by atoms with Crippen molar-refractivity contribution in [3.05, 3.63) is 64.7 Å². The zero-order chi connectivity index (χ0) is 16.3. The molecule has 5 heteroatoms. The molecule has 2 aromatic rings. The first-order valence-electron chi connectivity index (χ1n) is 6.62. The second kappa shape index (κ2) is 6.20. The van der Waals surface area contributed by atoms with Crippen molar-refractivity contribution in [2.75, 3.05) is 0 Å². The predicted molar refractivity (Wildman–Crippen MR) is 83.7 cm³/mol. The molecule has 2 aromatic carbocycles. The molecule has 4 nitrogen and oxygen atoms in total. The van der Waals surface area contributed by atoms with Crippen LogP contribution in [-0.4, -0.2) is 22.5 Å². The minimum atomic E-state index is -1.38. The van der Waals surface area contributed by atoms with E-state index < -0.39 is 11.6 Å². The molecule has 2 rings (SSSR count). The van der Waals surface area contributed by atoms with Gasteiger partial charge in [-0.25, -0.2) is 4.79 Å². The number of carbonyl (C=O) groups is 2. The molecule has 0 aliphatic carbocycles. The molecule has 0 saturated heterocycles. The first-order chi connectivity index (χ1) is 10.3. The highest BCUT2D eigenvalue weighted by molar-refractivity contribution is 6.31. The molecule has 0 bridgehead atoms. The summed E-state index contributed by atoms with van der Waals surface area (Å²) in [5, 5.41) is 9.56. The molecule has 0 heterocycles. The molecule has 0 fully saturated rings. The smallest absolute Gasteiger partial charge is 0.347 e. The van der Waals surface area contributed by atoms with Gasteiger partial charge in [0, 0.05) is 16.1 Å². The Kier molecular flexibility index (Phi) is 4.52. The minimum Gasteiger partial charge on any atom is -0.478 e. The van der Waals surface area contributed by atoms with E-state index >= 15 is 0 Å². The number of aliphatic carboxylic acids is 1. The summed E-state index contributed by atoms with van der Waals surface area (Å²) in [5.74, 6) is -0.972. The molecular formula is C17H15ClO4. The Labute approximate surface area is 133 Å². The molecule has 0 saturated carbocycles. The summed E-state index contributed by atoms with van der Waals surface area (Å²) in [6, 6.07) is 13.1. The molecule has 0 aromatic heterocycles. The van der Waals surface area contributed by atoms with Crippen LogP contribution in [0.25, 0.3) is 0 Å². The van der Waals surface area contributed by atoms with Crippen LogP contribution in [-0.2, 0) is 4.79 Å². The number of rotatable bonds is 5. The van der Waals surface area contributed by atoms with E-state index in [1.54, 1.807) is 42.5 Å². The van der Waals surface area contributed by atoms with Gasteiger partial charge in [-0.1, -0.05) is 35.9 Å². The number of carbonyl (C=O) groups excluding carboxylic acids is 1. The fourth-order valence-electron chi connectivity index (χ4n) is 1.84. The Balaban J connectivity index is 2.29. The van der Waals surface area contributed by atoms with E-state index in [4.69, 9.17) is 21.4 Å². The number of hydrogen-bond acceptors (Lipinski definition) is 3. The van der Waals surface area contributed by atoms with Gasteiger partial charge in [0.05, 0.1) is 0 Å². The lowest BCUT2D eigenvalue weighted by molar-refractivity contribution is -0.152. The van der Waals surface area contributed by atoms with Gasteiger partial charge in [-0.2, -0.15) is 0 Å². The summed E-state index contributed by atoms with van der Waals surface area (Å²) in [6.45, 7) is 2.89. The zero-order valence-corrected chi connectivity index (χ0v) is 12.9. The van der Waals surface area contributed by atoms with Gasteiger partial charge in [-0.05, 0) is 38.1 Å². The fraction of sp³-hybridized carbons (Fsp3) is 0.176. The molecule has 0 aliphatic heterocycles. The van der Waals surface area contributed by atoms with Crippen LogP contribution >= 0.6 is 11.6 Å². The molecule has 0 spiro atoms. The van der Waals surface area contributed by atoms with E-state index in [1.165, 1.54) is 19.9 Å². The molecular weight excluding hydrogens is 304 g/mol. The van der Waals surface area contributed by atoms with Crippen molar-refractivity contribution in [2.24, 2.45) is 0 Å². The van der Waals surface area contributed by atoms with E-state index in [9.17, 15) is 9.59 Å². The van der Waals surface area contributed by atoms with Gasteiger partial charge in [0.2, 0.25) is 0 Å². The van der Waals surface area contributed by atoms with Crippen LogP contribution in [0.15, 0.2) is 48.5 Å². The molecule has 0 radical (unpaired) electrons. The van der Waals surface area contributed by atoms with Crippen molar-refractivity contribution in [3.63, 3.8) is 0 Å². The lowest BCUT2D eigenvalue weighted by Crippen LogP contribution is -2.37. The highest BCUT2D eigenvalue weighted by Crippen LogP contribution is 2.22. The monoisotopic (exact) mass is 318 g/mol. The Hall–Kier alpha value is -2.33. The van der Waals surface area contributed by atoms with Gasteiger partial charge in [-0.3, -0.25) is 4.79 Å². The van der Waals surface area contributed by atoms with Gasteiger partial charge < -0.3 is 9.84 Å². The normalized spacial score (nSPS) is 11.0. The molecule has 0 aliphatic rings. The first kappa shape index (κ1) is 16.0. The second-order valence-electron chi connectivity index (χ2n) is 5.28. The van der Waals surface area contributed by atoms with Crippen molar-refractivity contribution in [1.29, 1.82) is 0 Å². The SMILES string of the molecule is CC(C)(Oc1cccc(C(=O)c2cccc(Cl)c2)c1)C(=O)O. The third-order valence-corrected chi connectivity index (χ3v) is 3.31. The summed E-state index contributed by atoms with van der Waals surface area (Å²) in [4.78, 5) is 23.5. The zero-order valence-electron chi connectivity index (χ0n) is 12.2. The number of halogens is 1. The third kappa shape index (κ3) is 3.65. The van der Waals surface area contributed by atoms with E-state index in [0.717, 1.165) is 0 Å². The molecule has 0 amide bonds. The standard InChI is InChI=1S/C17H15ClO4/c1-17(2,16(20)21)22-14-8-4-6-12(10-14)15(19)11-5-3-7-13(18)9-11/h3-10H,1-2H3,(H,20,21). The van der Waals surface area contributed by atoms with Crippen molar-refractivity contribution in [1.82, 2.24) is 0 Å². The van der Waals surface area contributed by atoms with Gasteiger partial charge in [0.1, 0.15) is 5.75 Å². The number of ether oxygens (including phenoxy) is 1. The van der Waals surface area contributed by atoms with Crippen LogP contribution < -0.4 is 4.74 Å². The second-order valence-corrected chi connectivity index (χ2v) is 5.72. The Morgan fingerprint density at radius 2 is 1.64 bits per heavy atom. The average Bonchev–Trinajstić information content (AvgIpc) is 2.46. The van der Waals surface area contributed by atoms with Crippen LogP contribution in [0, 0.1) is 0 Å². The number of carboxylic acids is 1. The molecule has 1 N–H and O–H groups in total. The van der Waals surface area contributed by atoms with Gasteiger partial charge in [0.25, 0.3) is 0 Å². The Morgan fingerprint density at radius 3 is 2.23 bits per heavy atom. The van der Waals surface area contributed by atoms with Gasteiger partial charge in [0.15, 0.2) is 11.4 Å². The molecule has 22 heavy (non-hydrogen) atoms. The topological polar surface area (TPSA) is 63.6 Å². The van der Waals surface area contributed by atoms with Gasteiger partial charge >= 0.3 is 5.97 Å². The van der Waals surface area contributed by atoms with Crippen LogP contribution in [0.4, 0.5) is 0 Å².